The van der Waals surface area contributed by atoms with Crippen molar-refractivity contribution in [3.63, 3.8) is 0 Å². The number of likely N-dealkylation sites (tertiary alicyclic amines) is 1. The molecule has 2 fully saturated rings. The predicted molar refractivity (Wildman–Crippen MR) is 105 cm³/mol. The van der Waals surface area contributed by atoms with E-state index in [1.54, 1.807) is 0 Å². The van der Waals surface area contributed by atoms with E-state index in [1.807, 2.05) is 32.0 Å². The van der Waals surface area contributed by atoms with Gasteiger partial charge in [0.25, 0.3) is 0 Å². The maximum absolute atomic E-state index is 12.8. The van der Waals surface area contributed by atoms with Crippen molar-refractivity contribution < 1.29 is 9.59 Å². The summed E-state index contributed by atoms with van der Waals surface area (Å²) in [7, 11) is 0. The van der Waals surface area contributed by atoms with E-state index in [9.17, 15) is 9.59 Å². The minimum atomic E-state index is 0.0298. The van der Waals surface area contributed by atoms with E-state index < -0.39 is 0 Å². The van der Waals surface area contributed by atoms with Crippen molar-refractivity contribution in [2.24, 2.45) is 11.8 Å². The molecule has 1 saturated heterocycles. The number of nitrogens with one attached hydrogen (secondary N) is 1. The van der Waals surface area contributed by atoms with Crippen molar-refractivity contribution in [2.45, 2.75) is 65.2 Å². The predicted octanol–water partition coefficient (Wildman–Crippen LogP) is 4.45. The number of aryl methyl sites for hydroxylation is 2. The SMILES string of the molecule is Cc1cccc(C)c1NC(=O)C1CCC(C(=O)N2CCCCCC2)CC1. The van der Waals surface area contributed by atoms with Crippen LogP contribution < -0.4 is 5.32 Å². The van der Waals surface area contributed by atoms with Crippen LogP contribution in [-0.2, 0) is 9.59 Å². The van der Waals surface area contributed by atoms with Crippen molar-refractivity contribution in [2.75, 3.05) is 18.4 Å². The quantitative estimate of drug-likeness (QED) is 0.870. The summed E-state index contributed by atoms with van der Waals surface area (Å²) >= 11 is 0. The van der Waals surface area contributed by atoms with Crippen LogP contribution in [0.15, 0.2) is 18.2 Å². The summed E-state index contributed by atoms with van der Waals surface area (Å²) in [5, 5.41) is 3.13. The number of para-hydroxylation sites is 1. The second-order valence-electron chi connectivity index (χ2n) is 8.04. The number of amides is 2. The van der Waals surface area contributed by atoms with Crippen molar-refractivity contribution in [3.8, 4) is 0 Å². The highest BCUT2D eigenvalue weighted by atomic mass is 16.2. The Morgan fingerprint density at radius 3 is 2.00 bits per heavy atom. The van der Waals surface area contributed by atoms with Gasteiger partial charge in [-0.2, -0.15) is 0 Å². The first kappa shape index (κ1) is 18.9. The summed E-state index contributed by atoms with van der Waals surface area (Å²) < 4.78 is 0. The molecule has 1 aliphatic carbocycles. The molecule has 0 atom stereocenters. The molecule has 4 nitrogen and oxygen atoms in total. The van der Waals surface area contributed by atoms with Crippen LogP contribution in [0.5, 0.6) is 0 Å². The topological polar surface area (TPSA) is 49.4 Å². The molecule has 0 aromatic heterocycles. The number of hydrogen-bond donors (Lipinski definition) is 1. The summed E-state index contributed by atoms with van der Waals surface area (Å²) in [5.41, 5.74) is 3.15. The van der Waals surface area contributed by atoms with Crippen LogP contribution in [0.4, 0.5) is 5.69 Å². The van der Waals surface area contributed by atoms with Crippen molar-refractivity contribution in [3.05, 3.63) is 29.3 Å². The van der Waals surface area contributed by atoms with Gasteiger partial charge in [-0.15, -0.1) is 0 Å². The van der Waals surface area contributed by atoms with E-state index in [2.05, 4.69) is 10.2 Å². The molecule has 0 unspecified atom stereocenters. The van der Waals surface area contributed by atoms with Gasteiger partial charge in [0.15, 0.2) is 0 Å². The molecule has 2 aliphatic rings. The molecule has 1 heterocycles. The Hall–Kier alpha value is -1.84. The lowest BCUT2D eigenvalue weighted by Gasteiger charge is -2.31. The van der Waals surface area contributed by atoms with E-state index in [0.29, 0.717) is 5.91 Å². The Morgan fingerprint density at radius 1 is 0.885 bits per heavy atom. The molecule has 1 saturated carbocycles. The highest BCUT2D eigenvalue weighted by Gasteiger charge is 2.32. The molecule has 1 aromatic rings. The Bertz CT molecular complexity index is 619. The van der Waals surface area contributed by atoms with Gasteiger partial charge in [0, 0.05) is 30.6 Å². The number of hydrogen-bond acceptors (Lipinski definition) is 2. The summed E-state index contributed by atoms with van der Waals surface area (Å²) in [6, 6.07) is 6.07. The minimum Gasteiger partial charge on any atom is -0.342 e. The van der Waals surface area contributed by atoms with Crippen LogP contribution >= 0.6 is 0 Å². The van der Waals surface area contributed by atoms with Crippen LogP contribution in [-0.4, -0.2) is 29.8 Å². The van der Waals surface area contributed by atoms with Gasteiger partial charge in [0.05, 0.1) is 0 Å². The number of carbonyl (C=O) groups excluding carboxylic acids is 2. The van der Waals surface area contributed by atoms with Gasteiger partial charge in [0.2, 0.25) is 11.8 Å². The minimum absolute atomic E-state index is 0.0298. The Labute approximate surface area is 157 Å². The fourth-order valence-corrected chi connectivity index (χ4v) is 4.39. The first-order valence-electron chi connectivity index (χ1n) is 10.2. The van der Waals surface area contributed by atoms with Crippen molar-refractivity contribution in [1.29, 1.82) is 0 Å². The monoisotopic (exact) mass is 356 g/mol. The van der Waals surface area contributed by atoms with Crippen molar-refractivity contribution in [1.82, 2.24) is 4.90 Å². The fourth-order valence-electron chi connectivity index (χ4n) is 4.39. The van der Waals surface area contributed by atoms with Gasteiger partial charge < -0.3 is 10.2 Å². The zero-order chi connectivity index (χ0) is 18.5. The normalized spacial score (nSPS) is 24.0. The molecule has 3 rings (SSSR count). The van der Waals surface area contributed by atoms with E-state index in [0.717, 1.165) is 68.4 Å². The number of benzene rings is 1. The number of rotatable bonds is 3. The Kier molecular flexibility index (Phi) is 6.33. The first-order valence-corrected chi connectivity index (χ1v) is 10.2. The summed E-state index contributed by atoms with van der Waals surface area (Å²) in [6.45, 7) is 5.90. The largest absolute Gasteiger partial charge is 0.342 e. The fraction of sp³-hybridized carbons (Fsp3) is 0.636. The average molecular weight is 357 g/mol. The van der Waals surface area contributed by atoms with Gasteiger partial charge in [-0.1, -0.05) is 31.0 Å². The van der Waals surface area contributed by atoms with Gasteiger partial charge in [0.1, 0.15) is 0 Å². The second-order valence-corrected chi connectivity index (χ2v) is 8.04. The molecule has 0 spiro atoms. The smallest absolute Gasteiger partial charge is 0.227 e. The lowest BCUT2D eigenvalue weighted by Crippen LogP contribution is -2.39. The van der Waals surface area contributed by atoms with E-state index >= 15 is 0 Å². The molecule has 2 amide bonds. The van der Waals surface area contributed by atoms with Crippen molar-refractivity contribution >= 4 is 17.5 Å². The molecule has 4 heteroatoms. The molecule has 1 N–H and O–H groups in total. The Morgan fingerprint density at radius 2 is 1.42 bits per heavy atom. The lowest BCUT2D eigenvalue weighted by molar-refractivity contribution is -0.137. The second kappa shape index (κ2) is 8.70. The zero-order valence-corrected chi connectivity index (χ0v) is 16.2. The lowest BCUT2D eigenvalue weighted by atomic mass is 9.80. The molecular weight excluding hydrogens is 324 g/mol. The number of anilines is 1. The maximum Gasteiger partial charge on any atom is 0.227 e. The third-order valence-electron chi connectivity index (χ3n) is 6.09. The molecule has 0 radical (unpaired) electrons. The van der Waals surface area contributed by atoms with E-state index in [-0.39, 0.29) is 17.7 Å². The average Bonchev–Trinajstić information content (AvgIpc) is 2.94. The van der Waals surface area contributed by atoms with E-state index in [1.165, 1.54) is 12.8 Å². The highest BCUT2D eigenvalue weighted by Crippen LogP contribution is 2.32. The number of nitrogens with zero attached hydrogens (tertiary/aromatic N) is 1. The van der Waals surface area contributed by atoms with Crippen LogP contribution in [0.3, 0.4) is 0 Å². The molecule has 26 heavy (non-hydrogen) atoms. The standard InChI is InChI=1S/C22H32N2O2/c1-16-8-7-9-17(2)20(16)23-21(25)18-10-12-19(13-11-18)22(26)24-14-5-3-4-6-15-24/h7-9,18-19H,3-6,10-15H2,1-2H3,(H,23,25). The highest BCUT2D eigenvalue weighted by molar-refractivity contribution is 5.94. The first-order chi connectivity index (χ1) is 12.6. The van der Waals surface area contributed by atoms with Crippen LogP contribution in [0.1, 0.15) is 62.5 Å². The molecular formula is C22H32N2O2. The van der Waals surface area contributed by atoms with Gasteiger partial charge >= 0.3 is 0 Å². The summed E-state index contributed by atoms with van der Waals surface area (Å²) in [4.78, 5) is 27.6. The van der Waals surface area contributed by atoms with E-state index in [4.69, 9.17) is 0 Å². The third kappa shape index (κ3) is 4.46. The summed E-state index contributed by atoms with van der Waals surface area (Å²) in [5.74, 6) is 0.600. The van der Waals surface area contributed by atoms with Gasteiger partial charge in [-0.3, -0.25) is 9.59 Å². The van der Waals surface area contributed by atoms with Gasteiger partial charge in [-0.05, 0) is 63.5 Å². The Balaban J connectivity index is 1.53. The summed E-state index contributed by atoms with van der Waals surface area (Å²) in [6.07, 6.45) is 8.10. The molecule has 142 valence electrons. The molecule has 1 aliphatic heterocycles. The molecule has 0 bridgehead atoms. The molecule has 1 aromatic carbocycles. The zero-order valence-electron chi connectivity index (χ0n) is 16.2. The van der Waals surface area contributed by atoms with Crippen LogP contribution in [0, 0.1) is 25.7 Å². The number of carbonyl (C=O) groups is 2. The van der Waals surface area contributed by atoms with Crippen LogP contribution in [0.25, 0.3) is 0 Å². The third-order valence-corrected chi connectivity index (χ3v) is 6.09. The van der Waals surface area contributed by atoms with Crippen LogP contribution in [0.2, 0.25) is 0 Å². The maximum atomic E-state index is 12.8. The van der Waals surface area contributed by atoms with Gasteiger partial charge in [-0.25, -0.2) is 0 Å².